The van der Waals surface area contributed by atoms with Gasteiger partial charge in [-0.2, -0.15) is 0 Å². The minimum Gasteiger partial charge on any atom is -0.341 e. The lowest BCUT2D eigenvalue weighted by Crippen LogP contribution is -2.20. The molecule has 0 spiro atoms. The molecule has 2 aromatic rings. The maximum atomic E-state index is 11.5. The molecule has 0 aliphatic carbocycles. The molecule has 2 aromatic carbocycles. The molecule has 2 nitrogen and oxygen atoms in total. The molecule has 2 heteroatoms. The summed E-state index contributed by atoms with van der Waals surface area (Å²) < 4.78 is 0. The number of amides is 1. The Hall–Kier alpha value is -2.53. The van der Waals surface area contributed by atoms with E-state index in [4.69, 9.17) is 0 Å². The van der Waals surface area contributed by atoms with Crippen LogP contribution in [0, 0.1) is 11.8 Å². The standard InChI is InChI=1S/C16H13NO/c18-16(12-11-14-7-3-1-4-8-14)17-13-15-9-5-2-6-10-15/h1-10H,13H2,(H,17,18). The SMILES string of the molecule is O=C(C#Cc1ccccc1)NCc1ccccc1. The van der Waals surface area contributed by atoms with Crippen LogP contribution in [0.2, 0.25) is 0 Å². The van der Waals surface area contributed by atoms with E-state index in [1.54, 1.807) is 0 Å². The van der Waals surface area contributed by atoms with Crippen molar-refractivity contribution in [3.05, 3.63) is 71.8 Å². The molecule has 0 unspecified atom stereocenters. The molecule has 88 valence electrons. The molecular weight excluding hydrogens is 222 g/mol. The van der Waals surface area contributed by atoms with E-state index in [9.17, 15) is 4.79 Å². The molecule has 0 bridgehead atoms. The molecule has 0 saturated carbocycles. The number of carbonyl (C=O) groups excluding carboxylic acids is 1. The highest BCUT2D eigenvalue weighted by molar-refractivity contribution is 5.93. The van der Waals surface area contributed by atoms with Crippen LogP contribution in [0.4, 0.5) is 0 Å². The van der Waals surface area contributed by atoms with Gasteiger partial charge in [-0.05, 0) is 17.7 Å². The van der Waals surface area contributed by atoms with Gasteiger partial charge in [0, 0.05) is 18.0 Å². The largest absolute Gasteiger partial charge is 0.341 e. The zero-order valence-corrected chi connectivity index (χ0v) is 9.89. The van der Waals surface area contributed by atoms with Crippen LogP contribution in [0.15, 0.2) is 60.7 Å². The Morgan fingerprint density at radius 2 is 1.56 bits per heavy atom. The van der Waals surface area contributed by atoms with Crippen molar-refractivity contribution in [2.75, 3.05) is 0 Å². The number of benzene rings is 2. The van der Waals surface area contributed by atoms with Crippen LogP contribution in [0.25, 0.3) is 0 Å². The highest BCUT2D eigenvalue weighted by Gasteiger charge is 1.95. The third kappa shape index (κ3) is 3.80. The highest BCUT2D eigenvalue weighted by atomic mass is 16.1. The van der Waals surface area contributed by atoms with Gasteiger partial charge in [0.2, 0.25) is 0 Å². The van der Waals surface area contributed by atoms with Crippen LogP contribution in [-0.4, -0.2) is 5.91 Å². The summed E-state index contributed by atoms with van der Waals surface area (Å²) in [6.45, 7) is 0.503. The first-order valence-corrected chi connectivity index (χ1v) is 5.73. The van der Waals surface area contributed by atoms with Gasteiger partial charge in [0.1, 0.15) is 0 Å². The van der Waals surface area contributed by atoms with Gasteiger partial charge < -0.3 is 5.32 Å². The molecule has 0 aromatic heterocycles. The van der Waals surface area contributed by atoms with Crippen molar-refractivity contribution >= 4 is 5.91 Å². The molecule has 0 radical (unpaired) electrons. The van der Waals surface area contributed by atoms with Crippen molar-refractivity contribution in [3.8, 4) is 11.8 Å². The molecule has 1 N–H and O–H groups in total. The molecule has 0 atom stereocenters. The zero-order valence-electron chi connectivity index (χ0n) is 9.89. The van der Waals surface area contributed by atoms with Gasteiger partial charge in [0.05, 0.1) is 0 Å². The fourth-order valence-electron chi connectivity index (χ4n) is 1.47. The Kier molecular flexibility index (Phi) is 4.16. The molecule has 18 heavy (non-hydrogen) atoms. The van der Waals surface area contributed by atoms with Crippen LogP contribution in [0.1, 0.15) is 11.1 Å². The van der Waals surface area contributed by atoms with Gasteiger partial charge in [0.25, 0.3) is 5.91 Å². The summed E-state index contributed by atoms with van der Waals surface area (Å²) in [6.07, 6.45) is 0. The van der Waals surface area contributed by atoms with Crippen molar-refractivity contribution in [3.63, 3.8) is 0 Å². The number of nitrogens with one attached hydrogen (secondary N) is 1. The summed E-state index contributed by atoms with van der Waals surface area (Å²) in [7, 11) is 0. The Balaban J connectivity index is 1.89. The minimum absolute atomic E-state index is 0.261. The van der Waals surface area contributed by atoms with Crippen molar-refractivity contribution in [2.24, 2.45) is 0 Å². The van der Waals surface area contributed by atoms with E-state index in [1.165, 1.54) is 0 Å². The summed E-state index contributed by atoms with van der Waals surface area (Å²) in [5, 5.41) is 2.76. The lowest BCUT2D eigenvalue weighted by molar-refractivity contribution is -0.115. The Morgan fingerprint density at radius 3 is 2.22 bits per heavy atom. The molecule has 0 heterocycles. The Bertz CT molecular complexity index is 564. The Morgan fingerprint density at radius 1 is 0.944 bits per heavy atom. The summed E-state index contributed by atoms with van der Waals surface area (Å²) in [5.74, 6) is 5.13. The van der Waals surface area contributed by atoms with Crippen LogP contribution in [-0.2, 0) is 11.3 Å². The van der Waals surface area contributed by atoms with E-state index in [0.717, 1.165) is 11.1 Å². The van der Waals surface area contributed by atoms with Crippen molar-refractivity contribution in [2.45, 2.75) is 6.54 Å². The lowest BCUT2D eigenvalue weighted by Gasteiger charge is -2.00. The van der Waals surface area contributed by atoms with Gasteiger partial charge in [-0.25, -0.2) is 0 Å². The van der Waals surface area contributed by atoms with E-state index in [1.807, 2.05) is 60.7 Å². The highest BCUT2D eigenvalue weighted by Crippen LogP contribution is 1.97. The fourth-order valence-corrected chi connectivity index (χ4v) is 1.47. The predicted molar refractivity (Wildman–Crippen MR) is 71.6 cm³/mol. The number of carbonyl (C=O) groups is 1. The normalized spacial score (nSPS) is 9.11. The van der Waals surface area contributed by atoms with Gasteiger partial charge >= 0.3 is 0 Å². The Labute approximate surface area is 107 Å². The molecule has 0 saturated heterocycles. The molecule has 0 aliphatic rings. The maximum Gasteiger partial charge on any atom is 0.296 e. The monoisotopic (exact) mass is 235 g/mol. The second-order valence-corrected chi connectivity index (χ2v) is 3.78. The summed E-state index contributed by atoms with van der Waals surface area (Å²) in [5.41, 5.74) is 1.90. The maximum absolute atomic E-state index is 11.5. The molecule has 0 aliphatic heterocycles. The van der Waals surface area contributed by atoms with Gasteiger partial charge in [-0.1, -0.05) is 54.5 Å². The van der Waals surface area contributed by atoms with Crippen molar-refractivity contribution < 1.29 is 4.79 Å². The van der Waals surface area contributed by atoms with E-state index < -0.39 is 0 Å². The average molecular weight is 235 g/mol. The first kappa shape index (κ1) is 11.9. The van der Waals surface area contributed by atoms with Crippen molar-refractivity contribution in [1.82, 2.24) is 5.32 Å². The van der Waals surface area contributed by atoms with Crippen LogP contribution in [0.3, 0.4) is 0 Å². The van der Waals surface area contributed by atoms with Gasteiger partial charge in [-0.15, -0.1) is 0 Å². The number of rotatable bonds is 2. The molecule has 0 fully saturated rings. The van der Waals surface area contributed by atoms with E-state index in [0.29, 0.717) is 6.54 Å². The third-order valence-electron chi connectivity index (χ3n) is 2.39. The number of hydrogen-bond donors (Lipinski definition) is 1. The summed E-state index contributed by atoms with van der Waals surface area (Å²) in [4.78, 5) is 11.5. The van der Waals surface area contributed by atoms with Gasteiger partial charge in [-0.3, -0.25) is 4.79 Å². The second kappa shape index (κ2) is 6.27. The average Bonchev–Trinajstić information content (AvgIpc) is 2.45. The van der Waals surface area contributed by atoms with E-state index >= 15 is 0 Å². The fraction of sp³-hybridized carbons (Fsp3) is 0.0625. The second-order valence-electron chi connectivity index (χ2n) is 3.78. The van der Waals surface area contributed by atoms with Crippen LogP contribution in [0.5, 0.6) is 0 Å². The predicted octanol–water partition coefficient (Wildman–Crippen LogP) is 2.35. The van der Waals surface area contributed by atoms with Crippen LogP contribution >= 0.6 is 0 Å². The quantitative estimate of drug-likeness (QED) is 0.795. The lowest BCUT2D eigenvalue weighted by atomic mass is 10.2. The van der Waals surface area contributed by atoms with Crippen LogP contribution < -0.4 is 5.32 Å². The first-order chi connectivity index (χ1) is 8.84. The molecule has 2 rings (SSSR count). The smallest absolute Gasteiger partial charge is 0.296 e. The van der Waals surface area contributed by atoms with E-state index in [2.05, 4.69) is 17.2 Å². The van der Waals surface area contributed by atoms with E-state index in [-0.39, 0.29) is 5.91 Å². The molecule has 1 amide bonds. The first-order valence-electron chi connectivity index (χ1n) is 5.73. The van der Waals surface area contributed by atoms with Crippen molar-refractivity contribution in [1.29, 1.82) is 0 Å². The van der Waals surface area contributed by atoms with Gasteiger partial charge in [0.15, 0.2) is 0 Å². The summed E-state index contributed by atoms with van der Waals surface area (Å²) >= 11 is 0. The third-order valence-corrected chi connectivity index (χ3v) is 2.39. The minimum atomic E-state index is -0.261. The number of hydrogen-bond acceptors (Lipinski definition) is 1. The topological polar surface area (TPSA) is 29.1 Å². The molecular formula is C16H13NO. The zero-order chi connectivity index (χ0) is 12.6. The summed E-state index contributed by atoms with van der Waals surface area (Å²) in [6, 6.07) is 19.2.